The van der Waals surface area contributed by atoms with Crippen LogP contribution in [0, 0.1) is 34.0 Å². The molecular weight excluding hydrogens is 372 g/mol. The molecule has 0 spiro atoms. The van der Waals surface area contributed by atoms with Crippen molar-refractivity contribution in [2.45, 2.75) is 84.2 Å². The van der Waals surface area contributed by atoms with Crippen LogP contribution in [0.5, 0.6) is 0 Å². The number of fused-ring (bicyclic) bond motifs is 5. The van der Waals surface area contributed by atoms with E-state index in [4.69, 9.17) is 10.6 Å². The fourth-order valence-electron chi connectivity index (χ4n) is 8.19. The summed E-state index contributed by atoms with van der Waals surface area (Å²) in [7, 11) is 0. The van der Waals surface area contributed by atoms with Crippen molar-refractivity contribution in [3.05, 3.63) is 24.3 Å². The number of allylic oxidation sites excluding steroid dienone is 4. The van der Waals surface area contributed by atoms with Crippen LogP contribution >= 0.6 is 0 Å². The average Bonchev–Trinajstić information content (AvgIpc) is 3.12. The smallest absolute Gasteiger partial charge is 0.129 e. The van der Waals surface area contributed by atoms with Gasteiger partial charge in [-0.1, -0.05) is 43.7 Å². The fourth-order valence-corrected chi connectivity index (χ4v) is 8.19. The first kappa shape index (κ1) is 22.1. The van der Waals surface area contributed by atoms with E-state index < -0.39 is 0 Å². The molecule has 0 aliphatic heterocycles. The highest BCUT2D eigenvalue weighted by molar-refractivity contribution is 5.70. The molecule has 0 bridgehead atoms. The Labute approximate surface area is 183 Å². The zero-order chi connectivity index (χ0) is 21.2. The van der Waals surface area contributed by atoms with Crippen LogP contribution in [0.4, 0.5) is 0 Å². The average molecular weight is 415 g/mol. The van der Waals surface area contributed by atoms with Gasteiger partial charge in [-0.15, -0.1) is 0 Å². The Balaban J connectivity index is 1.53. The maximum absolute atomic E-state index is 10.6. The molecule has 0 amide bonds. The highest BCUT2D eigenvalue weighted by atomic mass is 16.6. The highest BCUT2D eigenvalue weighted by Crippen LogP contribution is 2.70. The minimum absolute atomic E-state index is 0.121. The first-order valence-electron chi connectivity index (χ1n) is 12.3. The zero-order valence-corrected chi connectivity index (χ0v) is 19.1. The number of aliphatic hydroxyl groups excluding tert-OH is 1. The quantitative estimate of drug-likeness (QED) is 0.271. The van der Waals surface area contributed by atoms with E-state index in [2.05, 4.69) is 31.2 Å². The van der Waals surface area contributed by atoms with Gasteiger partial charge in [0, 0.05) is 6.54 Å². The maximum Gasteiger partial charge on any atom is 0.129 e. The number of rotatable bonds is 6. The van der Waals surface area contributed by atoms with Crippen LogP contribution in [0.3, 0.4) is 0 Å². The first-order chi connectivity index (χ1) is 14.4. The van der Waals surface area contributed by atoms with Gasteiger partial charge >= 0.3 is 0 Å². The molecule has 7 atom stereocenters. The van der Waals surface area contributed by atoms with E-state index in [1.165, 1.54) is 51.4 Å². The van der Waals surface area contributed by atoms with E-state index in [1.807, 2.05) is 12.2 Å². The summed E-state index contributed by atoms with van der Waals surface area (Å²) < 4.78 is 0. The number of nitrogens with two attached hydrogens (primary N) is 1. The van der Waals surface area contributed by atoms with Crippen LogP contribution in [0.1, 0.15) is 78.1 Å². The van der Waals surface area contributed by atoms with Crippen LogP contribution in [-0.4, -0.2) is 30.6 Å². The Bertz CT molecular complexity index is 689. The molecule has 0 heterocycles. The van der Waals surface area contributed by atoms with Gasteiger partial charge in [-0.2, -0.15) is 0 Å². The second-order valence-electron chi connectivity index (χ2n) is 11.1. The van der Waals surface area contributed by atoms with E-state index in [-0.39, 0.29) is 11.5 Å². The van der Waals surface area contributed by atoms with Crippen LogP contribution in [0.2, 0.25) is 0 Å². The predicted molar refractivity (Wildman–Crippen MR) is 123 cm³/mol. The van der Waals surface area contributed by atoms with Crippen LogP contribution in [-0.2, 0) is 4.84 Å². The summed E-state index contributed by atoms with van der Waals surface area (Å²) in [5.74, 6) is 2.65. The summed E-state index contributed by atoms with van der Waals surface area (Å²) >= 11 is 0. The molecule has 3 N–H and O–H groups in total. The first-order valence-corrected chi connectivity index (χ1v) is 12.3. The molecular formula is C26H42N2O2. The number of oxime groups is 1. The van der Waals surface area contributed by atoms with E-state index in [0.29, 0.717) is 24.0 Å². The molecule has 4 aliphatic rings. The Hall–Kier alpha value is -1.13. The molecule has 0 aromatic heterocycles. The van der Waals surface area contributed by atoms with E-state index in [0.717, 1.165) is 30.6 Å². The van der Waals surface area contributed by atoms with Crippen molar-refractivity contribution in [3.63, 3.8) is 0 Å². The van der Waals surface area contributed by atoms with Gasteiger partial charge in [-0.3, -0.25) is 0 Å². The Kier molecular flexibility index (Phi) is 6.46. The molecule has 4 fully saturated rings. The molecule has 0 unspecified atom stereocenters. The minimum Gasteiger partial charge on any atom is -0.394 e. The van der Waals surface area contributed by atoms with Gasteiger partial charge in [0.2, 0.25) is 0 Å². The van der Waals surface area contributed by atoms with Crippen molar-refractivity contribution in [2.75, 3.05) is 13.2 Å². The van der Waals surface area contributed by atoms with Gasteiger partial charge in [0.1, 0.15) is 6.61 Å². The second kappa shape index (κ2) is 8.78. The van der Waals surface area contributed by atoms with Crippen molar-refractivity contribution in [3.8, 4) is 0 Å². The summed E-state index contributed by atoms with van der Waals surface area (Å²) in [6.45, 7) is 6.08. The largest absolute Gasteiger partial charge is 0.394 e. The molecule has 0 aromatic rings. The van der Waals surface area contributed by atoms with Gasteiger partial charge in [0.25, 0.3) is 0 Å². The lowest BCUT2D eigenvalue weighted by atomic mass is 9.40. The summed E-state index contributed by atoms with van der Waals surface area (Å²) in [6, 6.07) is 0. The molecule has 4 rings (SSSR count). The van der Waals surface area contributed by atoms with Crippen molar-refractivity contribution < 1.29 is 9.94 Å². The highest BCUT2D eigenvalue weighted by Gasteiger charge is 2.62. The predicted octanol–water partition coefficient (Wildman–Crippen LogP) is 5.22. The van der Waals surface area contributed by atoms with Gasteiger partial charge in [-0.25, -0.2) is 0 Å². The third kappa shape index (κ3) is 3.79. The normalized spacial score (nSPS) is 46.3. The zero-order valence-electron chi connectivity index (χ0n) is 19.1. The summed E-state index contributed by atoms with van der Waals surface area (Å²) in [5, 5.41) is 14.5. The summed E-state index contributed by atoms with van der Waals surface area (Å²) in [4.78, 5) is 5.03. The van der Waals surface area contributed by atoms with Crippen LogP contribution in [0.25, 0.3) is 0 Å². The Morgan fingerprint density at radius 3 is 2.70 bits per heavy atom. The molecule has 4 aliphatic carbocycles. The number of aliphatic hydroxyl groups is 1. The van der Waals surface area contributed by atoms with E-state index in [9.17, 15) is 5.11 Å². The van der Waals surface area contributed by atoms with E-state index >= 15 is 0 Å². The standard InChI is InChI=1S/C26H42N2O2/c1-24-11-6-7-22(24)21-9-15-26(12-4-3-5-17-28-30-18-16-27)19-20(29)8-14-25(26,2)23(21)10-13-24/h3-5,12,17,20-23,29H,6-11,13-16,18-19,27H2,1-2H3/b5-3+,12-4+,28-17+/t20-,21-,22-,23-,24-,25+,26+/m0/s1. The van der Waals surface area contributed by atoms with Gasteiger partial charge in [-0.05, 0) is 97.9 Å². The van der Waals surface area contributed by atoms with Crippen LogP contribution < -0.4 is 5.73 Å². The molecule has 4 heteroatoms. The lowest BCUT2D eigenvalue weighted by Gasteiger charge is -2.65. The number of hydrogen-bond donors (Lipinski definition) is 2. The maximum atomic E-state index is 10.6. The van der Waals surface area contributed by atoms with Gasteiger partial charge in [0.15, 0.2) is 0 Å². The van der Waals surface area contributed by atoms with Gasteiger partial charge in [0.05, 0.1) is 12.3 Å². The Morgan fingerprint density at radius 2 is 1.87 bits per heavy atom. The molecule has 0 aromatic carbocycles. The molecule has 0 radical (unpaired) electrons. The monoisotopic (exact) mass is 414 g/mol. The molecule has 168 valence electrons. The number of nitrogens with zero attached hydrogens (tertiary/aromatic N) is 1. The van der Waals surface area contributed by atoms with Crippen molar-refractivity contribution >= 4 is 6.21 Å². The fraction of sp³-hybridized carbons (Fsp3) is 0.808. The molecule has 0 saturated heterocycles. The van der Waals surface area contributed by atoms with Crippen molar-refractivity contribution in [1.82, 2.24) is 0 Å². The van der Waals surface area contributed by atoms with E-state index in [1.54, 1.807) is 6.21 Å². The third-order valence-corrected chi connectivity index (χ3v) is 9.76. The lowest BCUT2D eigenvalue weighted by molar-refractivity contribution is -0.153. The Morgan fingerprint density at radius 1 is 1.00 bits per heavy atom. The second-order valence-corrected chi connectivity index (χ2v) is 11.1. The molecule has 4 saturated carbocycles. The van der Waals surface area contributed by atoms with Crippen molar-refractivity contribution in [2.24, 2.45) is 44.9 Å². The van der Waals surface area contributed by atoms with Gasteiger partial charge < -0.3 is 15.7 Å². The summed E-state index contributed by atoms with van der Waals surface area (Å²) in [5.41, 5.74) is 6.43. The molecule has 4 nitrogen and oxygen atoms in total. The van der Waals surface area contributed by atoms with Crippen LogP contribution in [0.15, 0.2) is 29.5 Å². The summed E-state index contributed by atoms with van der Waals surface area (Å²) in [6.07, 6.45) is 22.9. The minimum atomic E-state index is -0.158. The van der Waals surface area contributed by atoms with Crippen molar-refractivity contribution in [1.29, 1.82) is 0 Å². The number of hydrogen-bond acceptors (Lipinski definition) is 4. The SMILES string of the molecule is C[C@@]12CCC[C@H]1[C@@H]1CC[C@]3(/C=C/C=C/C=N/OCCN)C[C@@H](O)CC[C@]3(C)[C@H]1CC2. The third-order valence-electron chi connectivity index (χ3n) is 9.76. The molecule has 30 heavy (non-hydrogen) atoms. The topological polar surface area (TPSA) is 67.8 Å². The lowest BCUT2D eigenvalue weighted by Crippen LogP contribution is -2.58.